The van der Waals surface area contributed by atoms with Crippen molar-refractivity contribution in [3.05, 3.63) is 69.2 Å². The zero-order chi connectivity index (χ0) is 18.6. The minimum Gasteiger partial charge on any atom is -0.234 e. The predicted octanol–water partition coefficient (Wildman–Crippen LogP) is 4.49. The Bertz CT molecular complexity index is 946. The van der Waals surface area contributed by atoms with Gasteiger partial charge in [-0.25, -0.2) is 4.21 Å². The van der Waals surface area contributed by atoms with E-state index in [-0.39, 0.29) is 0 Å². The summed E-state index contributed by atoms with van der Waals surface area (Å²) in [4.78, 5) is 0. The molecule has 0 N–H and O–H groups in total. The van der Waals surface area contributed by atoms with E-state index in [4.69, 9.17) is 0 Å². The van der Waals surface area contributed by atoms with Crippen molar-refractivity contribution in [1.82, 2.24) is 0 Å². The molecule has 1 atom stereocenters. The van der Waals surface area contributed by atoms with Crippen molar-refractivity contribution >= 4 is 32.6 Å². The van der Waals surface area contributed by atoms with Gasteiger partial charge in [0.25, 0.3) is 0 Å². The second-order valence-electron chi connectivity index (χ2n) is 6.30. The monoisotopic (exact) mass is 413 g/mol. The smallest absolute Gasteiger partial charge is 0.145 e. The summed E-state index contributed by atoms with van der Waals surface area (Å²) in [5, 5.41) is 18.6. The molecule has 2 aromatic carbocycles. The van der Waals surface area contributed by atoms with Gasteiger partial charge in [-0.15, -0.1) is 0 Å². The SMILES string of the molecule is CC(C)(C)S(=O)/N=C(\c1cccc(Br)c1)c1cc(C#N)ccc1C#N. The molecule has 0 radical (unpaired) electrons. The Morgan fingerprint density at radius 1 is 1.12 bits per heavy atom. The average molecular weight is 414 g/mol. The van der Waals surface area contributed by atoms with Gasteiger partial charge in [-0.2, -0.15) is 14.9 Å². The van der Waals surface area contributed by atoms with Gasteiger partial charge in [0.1, 0.15) is 11.0 Å². The van der Waals surface area contributed by atoms with Crippen LogP contribution in [-0.2, 0) is 11.0 Å². The lowest BCUT2D eigenvalue weighted by Gasteiger charge is -2.16. The molecule has 2 aromatic rings. The van der Waals surface area contributed by atoms with Gasteiger partial charge in [0.2, 0.25) is 0 Å². The Labute approximate surface area is 158 Å². The zero-order valence-electron chi connectivity index (χ0n) is 14.1. The molecular formula is C19H16BrN3OS. The number of benzene rings is 2. The molecule has 1 unspecified atom stereocenters. The van der Waals surface area contributed by atoms with Crippen LogP contribution in [0.1, 0.15) is 43.0 Å². The van der Waals surface area contributed by atoms with E-state index in [9.17, 15) is 14.7 Å². The van der Waals surface area contributed by atoms with Crippen LogP contribution in [0.5, 0.6) is 0 Å². The lowest BCUT2D eigenvalue weighted by Crippen LogP contribution is -2.21. The molecule has 25 heavy (non-hydrogen) atoms. The fourth-order valence-corrected chi connectivity index (χ4v) is 3.06. The highest BCUT2D eigenvalue weighted by Crippen LogP contribution is 2.22. The largest absolute Gasteiger partial charge is 0.234 e. The number of halogens is 1. The third-order valence-electron chi connectivity index (χ3n) is 3.32. The summed E-state index contributed by atoms with van der Waals surface area (Å²) in [5.74, 6) is 0. The minimum absolute atomic E-state index is 0.378. The van der Waals surface area contributed by atoms with E-state index >= 15 is 0 Å². The van der Waals surface area contributed by atoms with Crippen LogP contribution in [0, 0.1) is 22.7 Å². The van der Waals surface area contributed by atoms with Crippen molar-refractivity contribution in [2.75, 3.05) is 0 Å². The number of hydrogen-bond donors (Lipinski definition) is 0. The molecule has 0 spiro atoms. The summed E-state index contributed by atoms with van der Waals surface area (Å²) in [6.07, 6.45) is 0. The third kappa shape index (κ3) is 4.63. The van der Waals surface area contributed by atoms with E-state index in [0.29, 0.717) is 22.4 Å². The Balaban J connectivity index is 2.78. The molecule has 6 heteroatoms. The second kappa shape index (κ2) is 7.74. The lowest BCUT2D eigenvalue weighted by molar-refractivity contribution is 0.650. The van der Waals surface area contributed by atoms with Crippen LogP contribution in [0.4, 0.5) is 0 Å². The van der Waals surface area contributed by atoms with E-state index in [1.165, 1.54) is 0 Å². The van der Waals surface area contributed by atoms with Crippen LogP contribution in [0.15, 0.2) is 51.3 Å². The summed E-state index contributed by atoms with van der Waals surface area (Å²) < 4.78 is 17.3. The van der Waals surface area contributed by atoms with E-state index < -0.39 is 15.7 Å². The molecule has 126 valence electrons. The van der Waals surface area contributed by atoms with Gasteiger partial charge in [-0.1, -0.05) is 28.1 Å². The average Bonchev–Trinajstić information content (AvgIpc) is 2.58. The van der Waals surface area contributed by atoms with E-state index in [2.05, 4.69) is 32.5 Å². The van der Waals surface area contributed by atoms with E-state index in [1.807, 2.05) is 45.0 Å². The highest BCUT2D eigenvalue weighted by atomic mass is 79.9. The van der Waals surface area contributed by atoms with Crippen LogP contribution < -0.4 is 0 Å². The van der Waals surface area contributed by atoms with Crippen molar-refractivity contribution in [3.8, 4) is 12.1 Å². The van der Waals surface area contributed by atoms with Crippen molar-refractivity contribution in [1.29, 1.82) is 10.5 Å². The molecule has 0 bridgehead atoms. The van der Waals surface area contributed by atoms with Crippen LogP contribution in [0.2, 0.25) is 0 Å². The second-order valence-corrected chi connectivity index (χ2v) is 9.12. The Morgan fingerprint density at radius 3 is 2.40 bits per heavy atom. The van der Waals surface area contributed by atoms with Crippen LogP contribution >= 0.6 is 15.9 Å². The van der Waals surface area contributed by atoms with Crippen molar-refractivity contribution in [2.45, 2.75) is 25.5 Å². The maximum absolute atomic E-state index is 12.6. The van der Waals surface area contributed by atoms with Crippen molar-refractivity contribution in [3.63, 3.8) is 0 Å². The van der Waals surface area contributed by atoms with Crippen LogP contribution in [-0.4, -0.2) is 14.7 Å². The first-order valence-corrected chi connectivity index (χ1v) is 9.37. The maximum Gasteiger partial charge on any atom is 0.145 e. The lowest BCUT2D eigenvalue weighted by atomic mass is 9.96. The zero-order valence-corrected chi connectivity index (χ0v) is 16.5. The molecule has 0 aliphatic heterocycles. The molecule has 0 aliphatic rings. The molecule has 0 amide bonds. The number of nitriles is 2. The first-order chi connectivity index (χ1) is 11.8. The van der Waals surface area contributed by atoms with Gasteiger partial charge in [-0.3, -0.25) is 0 Å². The summed E-state index contributed by atoms with van der Waals surface area (Å²) in [7, 11) is -1.51. The summed E-state index contributed by atoms with van der Waals surface area (Å²) in [6, 6.07) is 16.4. The number of nitrogens with zero attached hydrogens (tertiary/aromatic N) is 3. The Kier molecular flexibility index (Phi) is 5.89. The van der Waals surface area contributed by atoms with E-state index in [0.717, 1.165) is 10.0 Å². The molecule has 0 aliphatic carbocycles. The highest BCUT2D eigenvalue weighted by molar-refractivity contribution is 9.10. The van der Waals surface area contributed by atoms with Gasteiger partial charge in [0.15, 0.2) is 0 Å². The number of rotatable bonds is 3. The quantitative estimate of drug-likeness (QED) is 0.695. The molecule has 2 rings (SSSR count). The Hall–Kier alpha value is -2.28. The predicted molar refractivity (Wildman–Crippen MR) is 104 cm³/mol. The molecule has 0 aromatic heterocycles. The molecule has 4 nitrogen and oxygen atoms in total. The highest BCUT2D eigenvalue weighted by Gasteiger charge is 2.22. The summed E-state index contributed by atoms with van der Waals surface area (Å²) in [6.45, 7) is 5.51. The van der Waals surface area contributed by atoms with Gasteiger partial charge < -0.3 is 0 Å². The molecule has 0 saturated heterocycles. The molecule has 0 saturated carbocycles. The van der Waals surface area contributed by atoms with Gasteiger partial charge in [0, 0.05) is 15.6 Å². The topological polar surface area (TPSA) is 77.0 Å². The minimum atomic E-state index is -1.51. The number of hydrogen-bond acceptors (Lipinski definition) is 3. The fraction of sp³-hybridized carbons (Fsp3) is 0.211. The fourth-order valence-electron chi connectivity index (χ4n) is 2.02. The first-order valence-electron chi connectivity index (χ1n) is 7.47. The Morgan fingerprint density at radius 2 is 1.84 bits per heavy atom. The normalized spacial score (nSPS) is 13.0. The molecular weight excluding hydrogens is 398 g/mol. The summed E-state index contributed by atoms with van der Waals surface area (Å²) in [5.41, 5.74) is 2.45. The first kappa shape index (κ1) is 19.1. The maximum atomic E-state index is 12.6. The van der Waals surface area contributed by atoms with Crippen molar-refractivity contribution in [2.24, 2.45) is 4.40 Å². The van der Waals surface area contributed by atoms with Crippen LogP contribution in [0.25, 0.3) is 0 Å². The third-order valence-corrected chi connectivity index (χ3v) is 5.21. The van der Waals surface area contributed by atoms with Crippen LogP contribution in [0.3, 0.4) is 0 Å². The van der Waals surface area contributed by atoms with Crippen molar-refractivity contribution < 1.29 is 4.21 Å². The van der Waals surface area contributed by atoms with Gasteiger partial charge >= 0.3 is 0 Å². The van der Waals surface area contributed by atoms with E-state index in [1.54, 1.807) is 18.2 Å². The molecule has 0 heterocycles. The molecule has 0 fully saturated rings. The van der Waals surface area contributed by atoms with Gasteiger partial charge in [0.05, 0.1) is 33.7 Å². The van der Waals surface area contributed by atoms with Gasteiger partial charge in [-0.05, 0) is 51.1 Å². The summed E-state index contributed by atoms with van der Waals surface area (Å²) >= 11 is 3.42. The standard InChI is InChI=1S/C19H16BrN3OS/c1-19(2,3)25(24)23-18(14-5-4-6-16(20)10-14)17-9-13(11-21)7-8-15(17)12-22/h4-10H,1-3H3/b23-18+.